The van der Waals surface area contributed by atoms with E-state index in [0.29, 0.717) is 18.6 Å². The van der Waals surface area contributed by atoms with Crippen molar-refractivity contribution in [3.8, 4) is 11.3 Å². The number of hydrogen-bond donors (Lipinski definition) is 1. The van der Waals surface area contributed by atoms with Gasteiger partial charge < -0.3 is 0 Å². The summed E-state index contributed by atoms with van der Waals surface area (Å²) in [5.74, 6) is 0.302. The largest absolute Gasteiger partial charge is 0.299 e. The summed E-state index contributed by atoms with van der Waals surface area (Å²) in [6, 6.07) is 10.1. The highest BCUT2D eigenvalue weighted by Crippen LogP contribution is 2.27. The summed E-state index contributed by atoms with van der Waals surface area (Å²) in [6.07, 6.45) is 1.97. The molecule has 3 heteroatoms. The second-order valence-electron chi connectivity index (χ2n) is 4.11. The summed E-state index contributed by atoms with van der Waals surface area (Å²) in [7, 11) is 0. The second kappa shape index (κ2) is 3.59. The fraction of sp³-hybridized carbons (Fsp3) is 0.231. The van der Waals surface area contributed by atoms with Gasteiger partial charge in [-0.2, -0.15) is 5.10 Å². The summed E-state index contributed by atoms with van der Waals surface area (Å²) in [4.78, 5) is 11.3. The average Bonchev–Trinajstić information content (AvgIpc) is 2.73. The maximum Gasteiger partial charge on any atom is 0.139 e. The number of carbonyl (C=O) groups is 1. The van der Waals surface area contributed by atoms with E-state index in [0.717, 1.165) is 23.4 Å². The molecule has 0 unspecified atom stereocenters. The van der Waals surface area contributed by atoms with Gasteiger partial charge in [0.05, 0.1) is 5.69 Å². The molecule has 0 atom stereocenters. The Labute approximate surface area is 93.5 Å². The van der Waals surface area contributed by atoms with Gasteiger partial charge in [-0.3, -0.25) is 9.89 Å². The van der Waals surface area contributed by atoms with Gasteiger partial charge in [-0.1, -0.05) is 30.3 Å². The van der Waals surface area contributed by atoms with Crippen molar-refractivity contribution in [2.24, 2.45) is 0 Å². The van der Waals surface area contributed by atoms with E-state index in [1.807, 2.05) is 30.3 Å². The molecule has 0 fully saturated rings. The van der Waals surface area contributed by atoms with Gasteiger partial charge in [0, 0.05) is 29.7 Å². The minimum absolute atomic E-state index is 0.302. The van der Waals surface area contributed by atoms with Crippen molar-refractivity contribution in [1.29, 1.82) is 0 Å². The Kier molecular flexibility index (Phi) is 2.10. The summed E-state index contributed by atoms with van der Waals surface area (Å²) in [6.45, 7) is 0. The third kappa shape index (κ3) is 1.45. The number of rotatable bonds is 1. The Bertz CT molecular complexity index is 528. The highest BCUT2D eigenvalue weighted by Gasteiger charge is 2.21. The third-order valence-corrected chi connectivity index (χ3v) is 3.03. The first-order valence-electron chi connectivity index (χ1n) is 5.48. The van der Waals surface area contributed by atoms with E-state index in [-0.39, 0.29) is 0 Å². The van der Waals surface area contributed by atoms with Crippen molar-refractivity contribution in [2.45, 2.75) is 19.3 Å². The van der Waals surface area contributed by atoms with Crippen LogP contribution in [-0.4, -0.2) is 16.0 Å². The maximum absolute atomic E-state index is 11.3. The zero-order valence-electron chi connectivity index (χ0n) is 8.86. The van der Waals surface area contributed by atoms with Crippen molar-refractivity contribution in [3.05, 3.63) is 41.6 Å². The van der Waals surface area contributed by atoms with E-state index >= 15 is 0 Å². The quantitative estimate of drug-likeness (QED) is 0.787. The van der Waals surface area contributed by atoms with Gasteiger partial charge in [-0.25, -0.2) is 0 Å². The molecule has 0 bridgehead atoms. The number of nitrogens with zero attached hydrogens (tertiary/aromatic N) is 1. The smallest absolute Gasteiger partial charge is 0.139 e. The van der Waals surface area contributed by atoms with Crippen LogP contribution in [-0.2, 0) is 17.6 Å². The van der Waals surface area contributed by atoms with Crippen molar-refractivity contribution >= 4 is 5.78 Å². The number of nitrogens with one attached hydrogen (secondary N) is 1. The second-order valence-corrected chi connectivity index (χ2v) is 4.11. The predicted molar refractivity (Wildman–Crippen MR) is 61.1 cm³/mol. The number of H-pyrrole nitrogens is 1. The molecule has 0 saturated carbocycles. The summed E-state index contributed by atoms with van der Waals surface area (Å²) >= 11 is 0. The lowest BCUT2D eigenvalue weighted by Crippen LogP contribution is -2.12. The number of aromatic amines is 1. The van der Waals surface area contributed by atoms with Crippen LogP contribution in [0.3, 0.4) is 0 Å². The van der Waals surface area contributed by atoms with Crippen LogP contribution in [0.4, 0.5) is 0 Å². The van der Waals surface area contributed by atoms with Crippen LogP contribution in [0.25, 0.3) is 11.3 Å². The number of Topliss-reactive ketones (excluding diaryl/α,β-unsaturated/α-hetero) is 1. The molecular weight excluding hydrogens is 200 g/mol. The number of fused-ring (bicyclic) bond motifs is 1. The highest BCUT2D eigenvalue weighted by atomic mass is 16.1. The van der Waals surface area contributed by atoms with Crippen LogP contribution in [0.1, 0.15) is 17.7 Å². The third-order valence-electron chi connectivity index (χ3n) is 3.03. The number of carbonyl (C=O) groups excluding carboxylic acids is 1. The van der Waals surface area contributed by atoms with Crippen LogP contribution in [0.2, 0.25) is 0 Å². The molecule has 3 nitrogen and oxygen atoms in total. The zero-order valence-corrected chi connectivity index (χ0v) is 8.86. The number of ketones is 1. The molecule has 1 heterocycles. The van der Waals surface area contributed by atoms with Gasteiger partial charge in [0.25, 0.3) is 0 Å². The van der Waals surface area contributed by atoms with E-state index in [2.05, 4.69) is 10.2 Å². The predicted octanol–water partition coefficient (Wildman–Crippen LogP) is 2.13. The topological polar surface area (TPSA) is 45.8 Å². The van der Waals surface area contributed by atoms with E-state index in [9.17, 15) is 4.79 Å². The number of benzene rings is 1. The summed E-state index contributed by atoms with van der Waals surface area (Å²) in [5.41, 5.74) is 4.33. The van der Waals surface area contributed by atoms with Gasteiger partial charge in [0.15, 0.2) is 0 Å². The molecule has 80 valence electrons. The normalized spacial score (nSPS) is 14.9. The first-order valence-corrected chi connectivity index (χ1v) is 5.48. The standard InChI is InChI=1S/C13H12N2O/c16-10-6-7-11-12(8-10)14-15-13(11)9-4-2-1-3-5-9/h1-5H,6-8H2,(H,14,15). The minimum atomic E-state index is 0.302. The fourth-order valence-corrected chi connectivity index (χ4v) is 2.20. The van der Waals surface area contributed by atoms with Crippen molar-refractivity contribution in [2.75, 3.05) is 0 Å². The first kappa shape index (κ1) is 9.33. The van der Waals surface area contributed by atoms with Crippen molar-refractivity contribution in [3.63, 3.8) is 0 Å². The lowest BCUT2D eigenvalue weighted by Gasteiger charge is -2.10. The molecular formula is C13H12N2O. The molecule has 1 aromatic carbocycles. The highest BCUT2D eigenvalue weighted by molar-refractivity contribution is 5.84. The van der Waals surface area contributed by atoms with E-state index < -0.39 is 0 Å². The average molecular weight is 212 g/mol. The SMILES string of the molecule is O=C1CCc2c(-c3ccccc3)n[nH]c2C1. The van der Waals surface area contributed by atoms with E-state index in [1.165, 1.54) is 5.56 Å². The molecule has 0 saturated heterocycles. The molecule has 1 aliphatic rings. The summed E-state index contributed by atoms with van der Waals surface area (Å²) in [5, 5.41) is 7.31. The van der Waals surface area contributed by atoms with Crippen LogP contribution in [0.5, 0.6) is 0 Å². The zero-order chi connectivity index (χ0) is 11.0. The van der Waals surface area contributed by atoms with E-state index in [1.54, 1.807) is 0 Å². The van der Waals surface area contributed by atoms with Crippen molar-refractivity contribution < 1.29 is 4.79 Å². The molecule has 1 aliphatic carbocycles. The Morgan fingerprint density at radius 2 is 1.94 bits per heavy atom. The van der Waals surface area contributed by atoms with Gasteiger partial charge in [-0.15, -0.1) is 0 Å². The van der Waals surface area contributed by atoms with Crippen molar-refractivity contribution in [1.82, 2.24) is 10.2 Å². The first-order chi connectivity index (χ1) is 7.84. The van der Waals surface area contributed by atoms with Crippen LogP contribution >= 0.6 is 0 Å². The van der Waals surface area contributed by atoms with Crippen LogP contribution < -0.4 is 0 Å². The molecule has 1 N–H and O–H groups in total. The van der Waals surface area contributed by atoms with Gasteiger partial charge in [-0.05, 0) is 6.42 Å². The Morgan fingerprint density at radius 1 is 1.12 bits per heavy atom. The molecule has 0 radical (unpaired) electrons. The molecule has 2 aromatic rings. The Morgan fingerprint density at radius 3 is 2.75 bits per heavy atom. The monoisotopic (exact) mass is 212 g/mol. The summed E-state index contributed by atoms with van der Waals surface area (Å²) < 4.78 is 0. The molecule has 0 spiro atoms. The fourth-order valence-electron chi connectivity index (χ4n) is 2.20. The lowest BCUT2D eigenvalue weighted by molar-refractivity contribution is -0.118. The number of hydrogen-bond acceptors (Lipinski definition) is 2. The Balaban J connectivity index is 2.08. The molecule has 16 heavy (non-hydrogen) atoms. The molecule has 3 rings (SSSR count). The van der Waals surface area contributed by atoms with Crippen LogP contribution in [0.15, 0.2) is 30.3 Å². The van der Waals surface area contributed by atoms with E-state index in [4.69, 9.17) is 0 Å². The molecule has 0 aliphatic heterocycles. The lowest BCUT2D eigenvalue weighted by atomic mass is 9.93. The Hall–Kier alpha value is -1.90. The maximum atomic E-state index is 11.3. The minimum Gasteiger partial charge on any atom is -0.299 e. The van der Waals surface area contributed by atoms with Gasteiger partial charge >= 0.3 is 0 Å². The van der Waals surface area contributed by atoms with Gasteiger partial charge in [0.2, 0.25) is 0 Å². The van der Waals surface area contributed by atoms with Crippen LogP contribution in [0, 0.1) is 0 Å². The number of aromatic nitrogens is 2. The molecule has 0 amide bonds. The molecule has 1 aromatic heterocycles. The van der Waals surface area contributed by atoms with Gasteiger partial charge in [0.1, 0.15) is 5.78 Å².